The Morgan fingerprint density at radius 1 is 1.50 bits per heavy atom. The smallest absolute Gasteiger partial charge is 0.178 e. The predicted octanol–water partition coefficient (Wildman–Crippen LogP) is 3.88. The number of benzene rings is 1. The number of fused-ring (bicyclic) bond motifs is 1. The van der Waals surface area contributed by atoms with Gasteiger partial charge in [0.05, 0.1) is 5.52 Å². The number of hydrogen-bond acceptors (Lipinski definition) is 1. The lowest BCUT2D eigenvalue weighted by molar-refractivity contribution is 0.473. The van der Waals surface area contributed by atoms with E-state index in [-0.39, 0.29) is 5.82 Å². The SMILES string of the molecule is CCC(C)Cn1c(=S)[nH]c2c(F)cccc21. The third kappa shape index (κ3) is 1.89. The van der Waals surface area contributed by atoms with Crippen molar-refractivity contribution in [3.63, 3.8) is 0 Å². The maximum atomic E-state index is 13.5. The van der Waals surface area contributed by atoms with E-state index in [0.29, 0.717) is 16.2 Å². The predicted molar refractivity (Wildman–Crippen MR) is 66.5 cm³/mol. The van der Waals surface area contributed by atoms with E-state index in [9.17, 15) is 4.39 Å². The van der Waals surface area contributed by atoms with Gasteiger partial charge in [0.1, 0.15) is 11.3 Å². The summed E-state index contributed by atoms with van der Waals surface area (Å²) in [5.74, 6) is 0.292. The molecule has 1 heterocycles. The number of aromatic amines is 1. The summed E-state index contributed by atoms with van der Waals surface area (Å²) in [6.45, 7) is 5.14. The highest BCUT2D eigenvalue weighted by Gasteiger charge is 2.09. The van der Waals surface area contributed by atoms with Crippen LogP contribution in [0.15, 0.2) is 18.2 Å². The van der Waals surface area contributed by atoms with E-state index >= 15 is 0 Å². The van der Waals surface area contributed by atoms with Gasteiger partial charge in [-0.3, -0.25) is 0 Å². The number of aromatic nitrogens is 2. The van der Waals surface area contributed by atoms with Crippen molar-refractivity contribution in [2.75, 3.05) is 0 Å². The van der Waals surface area contributed by atoms with E-state index in [1.165, 1.54) is 6.07 Å². The number of nitrogens with one attached hydrogen (secondary N) is 1. The Bertz CT molecular complexity index is 556. The number of hydrogen-bond donors (Lipinski definition) is 1. The molecular formula is C12H15FN2S. The fraction of sp³-hybridized carbons (Fsp3) is 0.417. The molecule has 0 aliphatic carbocycles. The van der Waals surface area contributed by atoms with Gasteiger partial charge in [0, 0.05) is 6.54 Å². The average Bonchev–Trinajstić information content (AvgIpc) is 2.58. The second-order valence-electron chi connectivity index (χ2n) is 4.19. The van der Waals surface area contributed by atoms with Crippen LogP contribution in [0.25, 0.3) is 11.0 Å². The first-order valence-corrected chi connectivity index (χ1v) is 5.91. The first kappa shape index (κ1) is 11.3. The van der Waals surface area contributed by atoms with E-state index in [1.54, 1.807) is 6.07 Å². The van der Waals surface area contributed by atoms with Crippen molar-refractivity contribution in [1.29, 1.82) is 0 Å². The van der Waals surface area contributed by atoms with Crippen molar-refractivity contribution in [2.24, 2.45) is 5.92 Å². The van der Waals surface area contributed by atoms with Crippen molar-refractivity contribution in [1.82, 2.24) is 9.55 Å². The molecule has 0 aliphatic rings. The average molecular weight is 238 g/mol. The normalized spacial score (nSPS) is 13.2. The van der Waals surface area contributed by atoms with E-state index in [2.05, 4.69) is 18.8 Å². The van der Waals surface area contributed by atoms with Crippen molar-refractivity contribution in [2.45, 2.75) is 26.8 Å². The van der Waals surface area contributed by atoms with Crippen LogP contribution in [0.2, 0.25) is 0 Å². The summed E-state index contributed by atoms with van der Waals surface area (Å²) >= 11 is 5.22. The molecule has 86 valence electrons. The summed E-state index contributed by atoms with van der Waals surface area (Å²) in [6.07, 6.45) is 1.09. The summed E-state index contributed by atoms with van der Waals surface area (Å²) in [4.78, 5) is 2.93. The fourth-order valence-electron chi connectivity index (χ4n) is 1.77. The van der Waals surface area contributed by atoms with Gasteiger partial charge in [-0.2, -0.15) is 0 Å². The minimum atomic E-state index is -0.244. The highest BCUT2D eigenvalue weighted by atomic mass is 32.1. The first-order chi connectivity index (χ1) is 7.63. The Balaban J connectivity index is 2.57. The summed E-state index contributed by atoms with van der Waals surface area (Å²) in [7, 11) is 0. The molecule has 2 rings (SSSR count). The molecule has 4 heteroatoms. The van der Waals surface area contributed by atoms with E-state index in [1.807, 2.05) is 10.6 Å². The lowest BCUT2D eigenvalue weighted by Gasteiger charge is -2.10. The van der Waals surface area contributed by atoms with E-state index in [4.69, 9.17) is 12.2 Å². The van der Waals surface area contributed by atoms with Gasteiger partial charge in [-0.25, -0.2) is 4.39 Å². The zero-order valence-electron chi connectivity index (χ0n) is 9.46. The Morgan fingerprint density at radius 2 is 2.25 bits per heavy atom. The lowest BCUT2D eigenvalue weighted by atomic mass is 10.1. The maximum absolute atomic E-state index is 13.5. The molecule has 1 aromatic carbocycles. The minimum Gasteiger partial charge on any atom is -0.328 e. The minimum absolute atomic E-state index is 0.244. The first-order valence-electron chi connectivity index (χ1n) is 5.50. The van der Waals surface area contributed by atoms with Gasteiger partial charge in [0.2, 0.25) is 0 Å². The Labute approximate surface area is 99.1 Å². The van der Waals surface area contributed by atoms with Crippen LogP contribution in [0.1, 0.15) is 20.3 Å². The quantitative estimate of drug-likeness (QED) is 0.805. The number of imidazole rings is 1. The van der Waals surface area contributed by atoms with E-state index < -0.39 is 0 Å². The maximum Gasteiger partial charge on any atom is 0.178 e. The van der Waals surface area contributed by atoms with Crippen molar-refractivity contribution >= 4 is 23.3 Å². The molecule has 0 saturated carbocycles. The second-order valence-corrected chi connectivity index (χ2v) is 4.57. The third-order valence-electron chi connectivity index (χ3n) is 2.95. The molecule has 0 saturated heterocycles. The lowest BCUT2D eigenvalue weighted by Crippen LogP contribution is -2.06. The molecule has 16 heavy (non-hydrogen) atoms. The van der Waals surface area contributed by atoms with Crippen LogP contribution < -0.4 is 0 Å². The highest BCUT2D eigenvalue weighted by Crippen LogP contribution is 2.19. The van der Waals surface area contributed by atoms with Crippen LogP contribution in [-0.2, 0) is 6.54 Å². The number of rotatable bonds is 3. The van der Waals surface area contributed by atoms with Crippen LogP contribution in [-0.4, -0.2) is 9.55 Å². The monoisotopic (exact) mass is 238 g/mol. The zero-order valence-corrected chi connectivity index (χ0v) is 10.3. The van der Waals surface area contributed by atoms with Gasteiger partial charge < -0.3 is 9.55 Å². The van der Waals surface area contributed by atoms with Crippen molar-refractivity contribution in [3.8, 4) is 0 Å². The molecule has 2 nitrogen and oxygen atoms in total. The molecule has 1 N–H and O–H groups in total. The van der Waals surface area contributed by atoms with E-state index in [0.717, 1.165) is 18.5 Å². The topological polar surface area (TPSA) is 20.7 Å². The van der Waals surface area contributed by atoms with Crippen LogP contribution in [0.3, 0.4) is 0 Å². The van der Waals surface area contributed by atoms with Gasteiger partial charge in [0.25, 0.3) is 0 Å². The fourth-order valence-corrected chi connectivity index (χ4v) is 2.04. The van der Waals surface area contributed by atoms with Gasteiger partial charge >= 0.3 is 0 Å². The van der Waals surface area contributed by atoms with Gasteiger partial charge in [-0.15, -0.1) is 0 Å². The van der Waals surface area contributed by atoms with Crippen molar-refractivity contribution < 1.29 is 4.39 Å². The highest BCUT2D eigenvalue weighted by molar-refractivity contribution is 7.71. The van der Waals surface area contributed by atoms with Gasteiger partial charge in [-0.05, 0) is 30.3 Å². The van der Waals surface area contributed by atoms with Crippen LogP contribution in [0, 0.1) is 16.5 Å². The molecule has 2 aromatic rings. The van der Waals surface area contributed by atoms with Crippen LogP contribution in [0.5, 0.6) is 0 Å². The largest absolute Gasteiger partial charge is 0.328 e. The summed E-state index contributed by atoms with van der Waals surface area (Å²) < 4.78 is 16.1. The second kappa shape index (κ2) is 4.37. The van der Waals surface area contributed by atoms with Crippen molar-refractivity contribution in [3.05, 3.63) is 28.8 Å². The molecule has 1 atom stereocenters. The number of nitrogens with zero attached hydrogens (tertiary/aromatic N) is 1. The molecule has 0 radical (unpaired) electrons. The molecule has 0 bridgehead atoms. The summed E-state index contributed by atoms with van der Waals surface area (Å²) in [5, 5.41) is 0. The molecule has 0 spiro atoms. The van der Waals surface area contributed by atoms with Crippen LogP contribution >= 0.6 is 12.2 Å². The molecule has 0 fully saturated rings. The number of para-hydroxylation sites is 1. The Morgan fingerprint density at radius 3 is 2.94 bits per heavy atom. The number of halogens is 1. The summed E-state index contributed by atoms with van der Waals surface area (Å²) in [5.41, 5.74) is 1.36. The molecule has 0 aliphatic heterocycles. The third-order valence-corrected chi connectivity index (χ3v) is 3.27. The molecule has 0 amide bonds. The zero-order chi connectivity index (χ0) is 11.7. The van der Waals surface area contributed by atoms with Gasteiger partial charge in [0.15, 0.2) is 4.77 Å². The van der Waals surface area contributed by atoms with Gasteiger partial charge in [-0.1, -0.05) is 26.3 Å². The Kier molecular flexibility index (Phi) is 3.10. The summed E-state index contributed by atoms with van der Waals surface area (Å²) in [6, 6.07) is 5.06. The Hall–Kier alpha value is -1.16. The molecule has 1 unspecified atom stereocenters. The number of H-pyrrole nitrogens is 1. The van der Waals surface area contributed by atoms with Crippen LogP contribution in [0.4, 0.5) is 4.39 Å². The molecule has 1 aromatic heterocycles. The standard InChI is InChI=1S/C12H15FN2S/c1-3-8(2)7-15-10-6-4-5-9(13)11(10)14-12(15)16/h4-6,8H,3,7H2,1-2H3,(H,14,16). The molecular weight excluding hydrogens is 223 g/mol.